The molecular formula is C16H25ClN6O3S. The highest BCUT2D eigenvalue weighted by Gasteiger charge is 2.37. The molecule has 1 aromatic rings. The van der Waals surface area contributed by atoms with E-state index in [4.69, 9.17) is 11.6 Å². The topological polar surface area (TPSA) is 126 Å². The average Bonchev–Trinajstić information content (AvgIpc) is 3.23. The van der Waals surface area contributed by atoms with Gasteiger partial charge in [-0.05, 0) is 26.7 Å². The van der Waals surface area contributed by atoms with Crippen LogP contribution in [0, 0.1) is 0 Å². The van der Waals surface area contributed by atoms with Crippen molar-refractivity contribution in [3.05, 3.63) is 16.7 Å². The van der Waals surface area contributed by atoms with E-state index in [2.05, 4.69) is 25.8 Å². The lowest BCUT2D eigenvalue weighted by atomic mass is 10.0. The van der Waals surface area contributed by atoms with Crippen molar-refractivity contribution in [2.45, 2.75) is 56.9 Å². The number of hydrazone groups is 1. The Hall–Kier alpha value is -1.33. The Morgan fingerprint density at radius 1 is 1.52 bits per heavy atom. The quantitative estimate of drug-likeness (QED) is 0.473. The number of aryl methyl sites for hydroxylation is 1. The fourth-order valence-corrected chi connectivity index (χ4v) is 4.33. The fraction of sp³-hybridized carbons (Fsp3) is 0.688. The van der Waals surface area contributed by atoms with E-state index in [0.717, 1.165) is 0 Å². The molecular weight excluding hydrogens is 392 g/mol. The van der Waals surface area contributed by atoms with E-state index < -0.39 is 11.7 Å². The molecule has 9 nitrogen and oxygen atoms in total. The van der Waals surface area contributed by atoms with Crippen LogP contribution < -0.4 is 10.7 Å². The number of thioether (sulfide) groups is 1. The first-order valence-corrected chi connectivity index (χ1v) is 10.1. The van der Waals surface area contributed by atoms with Crippen molar-refractivity contribution in [2.24, 2.45) is 5.10 Å². The molecule has 1 fully saturated rings. The SMILES string of the molecule is CCc1[nH]c(C(=O)NC2CCN(C3NN=C(C(C)(C)O)S3)CC2O)nc1Cl. The first-order chi connectivity index (χ1) is 12.7. The number of nitrogens with one attached hydrogen (secondary N) is 3. The van der Waals surface area contributed by atoms with Gasteiger partial charge in [-0.25, -0.2) is 4.98 Å². The molecule has 3 rings (SSSR count). The monoisotopic (exact) mass is 416 g/mol. The van der Waals surface area contributed by atoms with E-state index in [1.807, 2.05) is 11.8 Å². The second kappa shape index (κ2) is 7.96. The summed E-state index contributed by atoms with van der Waals surface area (Å²) in [5, 5.41) is 28.5. The molecule has 1 amide bonds. The van der Waals surface area contributed by atoms with Crippen LogP contribution in [0.15, 0.2) is 5.10 Å². The predicted molar refractivity (Wildman–Crippen MR) is 105 cm³/mol. The molecule has 0 aromatic carbocycles. The van der Waals surface area contributed by atoms with Gasteiger partial charge in [0.05, 0.1) is 17.8 Å². The maximum atomic E-state index is 12.4. The number of piperidine rings is 1. The number of likely N-dealkylation sites (tertiary alicyclic amines) is 1. The summed E-state index contributed by atoms with van der Waals surface area (Å²) in [6, 6.07) is -0.372. The van der Waals surface area contributed by atoms with Gasteiger partial charge in [0.25, 0.3) is 5.91 Å². The van der Waals surface area contributed by atoms with Gasteiger partial charge in [-0.3, -0.25) is 15.1 Å². The maximum Gasteiger partial charge on any atom is 0.287 e. The molecule has 0 aliphatic carbocycles. The van der Waals surface area contributed by atoms with Crippen molar-refractivity contribution in [1.29, 1.82) is 0 Å². The predicted octanol–water partition coefficient (Wildman–Crippen LogP) is 0.495. The number of amides is 1. The Kier molecular flexibility index (Phi) is 6.02. The molecule has 0 radical (unpaired) electrons. The first-order valence-electron chi connectivity index (χ1n) is 8.89. The van der Waals surface area contributed by atoms with E-state index in [1.54, 1.807) is 13.8 Å². The lowest BCUT2D eigenvalue weighted by Gasteiger charge is -2.38. The van der Waals surface area contributed by atoms with E-state index >= 15 is 0 Å². The number of aromatic amines is 1. The van der Waals surface area contributed by atoms with Gasteiger partial charge in [-0.15, -0.1) is 0 Å². The fourth-order valence-electron chi connectivity index (χ4n) is 3.01. The number of hydrogen-bond donors (Lipinski definition) is 5. The van der Waals surface area contributed by atoms with Gasteiger partial charge in [-0.2, -0.15) is 5.10 Å². The van der Waals surface area contributed by atoms with Crippen LogP contribution in [-0.2, 0) is 6.42 Å². The van der Waals surface area contributed by atoms with Gasteiger partial charge in [0, 0.05) is 13.1 Å². The second-order valence-corrected chi connectivity index (χ2v) is 8.64. The lowest BCUT2D eigenvalue weighted by molar-refractivity contribution is 0.0300. The molecule has 0 bridgehead atoms. The van der Waals surface area contributed by atoms with E-state index in [-0.39, 0.29) is 23.3 Å². The number of H-pyrrole nitrogens is 1. The third-order valence-electron chi connectivity index (χ3n) is 4.58. The minimum Gasteiger partial charge on any atom is -0.390 e. The van der Waals surface area contributed by atoms with Crippen molar-refractivity contribution in [2.75, 3.05) is 13.1 Å². The molecule has 0 spiro atoms. The van der Waals surface area contributed by atoms with Crippen LogP contribution in [0.3, 0.4) is 0 Å². The zero-order chi connectivity index (χ0) is 19.8. The molecule has 3 heterocycles. The number of aliphatic hydroxyl groups is 2. The van der Waals surface area contributed by atoms with Crippen molar-refractivity contribution in [3.8, 4) is 0 Å². The Balaban J connectivity index is 1.54. The highest BCUT2D eigenvalue weighted by molar-refractivity contribution is 8.14. The summed E-state index contributed by atoms with van der Waals surface area (Å²) in [4.78, 5) is 21.4. The van der Waals surface area contributed by atoms with Gasteiger partial charge in [0.15, 0.2) is 11.0 Å². The van der Waals surface area contributed by atoms with Crippen molar-refractivity contribution in [3.63, 3.8) is 0 Å². The summed E-state index contributed by atoms with van der Waals surface area (Å²) >= 11 is 7.41. The number of carbonyl (C=O) groups excluding carboxylic acids is 1. The van der Waals surface area contributed by atoms with Gasteiger partial charge in [0.2, 0.25) is 0 Å². The summed E-state index contributed by atoms with van der Waals surface area (Å²) < 4.78 is 0. The zero-order valence-electron chi connectivity index (χ0n) is 15.5. The molecule has 11 heteroatoms. The number of aromatic nitrogens is 2. The third-order valence-corrected chi connectivity index (χ3v) is 6.34. The minimum absolute atomic E-state index is 0.145. The molecule has 2 aliphatic heterocycles. The maximum absolute atomic E-state index is 12.4. The third kappa shape index (κ3) is 4.57. The number of aliphatic hydroxyl groups excluding tert-OH is 1. The Morgan fingerprint density at radius 2 is 2.26 bits per heavy atom. The molecule has 0 saturated carbocycles. The van der Waals surface area contributed by atoms with Crippen LogP contribution in [0.4, 0.5) is 0 Å². The smallest absolute Gasteiger partial charge is 0.287 e. The standard InChI is InChI=1S/C16H25ClN6O3S/c1-4-8-11(17)20-12(18-8)13(25)19-9-5-6-23(7-10(9)24)15-22-21-14(27-15)16(2,3)26/h9-10,15,22,24,26H,4-7H2,1-3H3,(H,18,20)(H,19,25). The molecule has 1 saturated heterocycles. The average molecular weight is 417 g/mol. The van der Waals surface area contributed by atoms with Crippen LogP contribution in [0.25, 0.3) is 0 Å². The number of imidazole rings is 1. The van der Waals surface area contributed by atoms with Crippen LogP contribution in [-0.4, -0.2) is 72.4 Å². The normalized spacial score (nSPS) is 26.6. The number of hydrogen-bond acceptors (Lipinski definition) is 8. The van der Waals surface area contributed by atoms with Gasteiger partial charge in [0.1, 0.15) is 16.1 Å². The number of β-amino-alcohol motifs (C(OH)–C–C–N with tert-alkyl or cyclic N) is 1. The first kappa shape index (κ1) is 20.4. The Labute approximate surface area is 166 Å². The van der Waals surface area contributed by atoms with Crippen molar-refractivity contribution < 1.29 is 15.0 Å². The molecule has 1 aromatic heterocycles. The van der Waals surface area contributed by atoms with E-state index in [9.17, 15) is 15.0 Å². The Bertz CT molecular complexity index is 734. The second-order valence-electron chi connectivity index (χ2n) is 7.21. The molecule has 3 atom stereocenters. The zero-order valence-corrected chi connectivity index (χ0v) is 17.1. The van der Waals surface area contributed by atoms with Gasteiger partial charge < -0.3 is 20.5 Å². The lowest BCUT2D eigenvalue weighted by Crippen LogP contribution is -2.57. The molecule has 5 N–H and O–H groups in total. The highest BCUT2D eigenvalue weighted by Crippen LogP contribution is 2.29. The summed E-state index contributed by atoms with van der Waals surface area (Å²) in [6.07, 6.45) is 0.506. The van der Waals surface area contributed by atoms with Gasteiger partial charge in [-0.1, -0.05) is 30.3 Å². The van der Waals surface area contributed by atoms with Crippen LogP contribution in [0.5, 0.6) is 0 Å². The molecule has 27 heavy (non-hydrogen) atoms. The van der Waals surface area contributed by atoms with E-state index in [0.29, 0.717) is 41.8 Å². The number of halogens is 1. The summed E-state index contributed by atoms with van der Waals surface area (Å²) in [7, 11) is 0. The number of nitrogens with zero attached hydrogens (tertiary/aromatic N) is 3. The van der Waals surface area contributed by atoms with Crippen LogP contribution in [0.1, 0.15) is 43.5 Å². The number of rotatable bonds is 5. The van der Waals surface area contributed by atoms with Crippen LogP contribution in [0.2, 0.25) is 5.15 Å². The highest BCUT2D eigenvalue weighted by atomic mass is 35.5. The number of carbonyl (C=O) groups is 1. The molecule has 2 aliphatic rings. The van der Waals surface area contributed by atoms with Crippen LogP contribution >= 0.6 is 23.4 Å². The van der Waals surface area contributed by atoms with Crippen molar-refractivity contribution >= 4 is 34.3 Å². The molecule has 150 valence electrons. The van der Waals surface area contributed by atoms with Crippen molar-refractivity contribution in [1.82, 2.24) is 25.6 Å². The summed E-state index contributed by atoms with van der Waals surface area (Å²) in [5.41, 5.74) is 2.56. The largest absolute Gasteiger partial charge is 0.390 e. The summed E-state index contributed by atoms with van der Waals surface area (Å²) in [6.45, 7) is 6.33. The Morgan fingerprint density at radius 3 is 2.81 bits per heavy atom. The summed E-state index contributed by atoms with van der Waals surface area (Å²) in [5.74, 6) is -0.224. The molecule has 3 unspecified atom stereocenters. The van der Waals surface area contributed by atoms with E-state index in [1.165, 1.54) is 11.8 Å². The van der Waals surface area contributed by atoms with Gasteiger partial charge >= 0.3 is 0 Å². The minimum atomic E-state index is -1.00.